The Morgan fingerprint density at radius 2 is 2.26 bits per heavy atom. The quantitative estimate of drug-likeness (QED) is 0.738. The minimum absolute atomic E-state index is 0.217. The van der Waals surface area contributed by atoms with Gasteiger partial charge in [0.15, 0.2) is 0 Å². The van der Waals surface area contributed by atoms with Gasteiger partial charge in [-0.15, -0.1) is 11.8 Å². The van der Waals surface area contributed by atoms with Gasteiger partial charge in [0.2, 0.25) is 0 Å². The lowest BCUT2D eigenvalue weighted by Crippen LogP contribution is -2.50. The molecular formula is C14H20BrNO2S. The smallest absolute Gasteiger partial charge is 0.323 e. The summed E-state index contributed by atoms with van der Waals surface area (Å²) in [5.41, 5.74) is -0.868. The standard InChI is InChI=1S/C14H20BrNO2S/c1-4-16-14(3,13(17)18)9-10(2)19-12-7-5-6-11(15)8-12/h5-8,10,16H,4,9H2,1-3H3,(H,17,18). The molecule has 0 aliphatic rings. The number of hydrogen-bond acceptors (Lipinski definition) is 3. The lowest BCUT2D eigenvalue weighted by atomic mass is 9.96. The van der Waals surface area contributed by atoms with E-state index in [0.29, 0.717) is 13.0 Å². The van der Waals surface area contributed by atoms with E-state index < -0.39 is 11.5 Å². The average molecular weight is 346 g/mol. The maximum atomic E-state index is 11.4. The van der Waals surface area contributed by atoms with E-state index in [2.05, 4.69) is 28.2 Å². The van der Waals surface area contributed by atoms with E-state index >= 15 is 0 Å². The molecule has 0 saturated carbocycles. The van der Waals surface area contributed by atoms with Gasteiger partial charge in [-0.2, -0.15) is 0 Å². The van der Waals surface area contributed by atoms with Crippen molar-refractivity contribution in [3.63, 3.8) is 0 Å². The predicted molar refractivity (Wildman–Crippen MR) is 83.8 cm³/mol. The second kappa shape index (κ2) is 7.31. The number of carboxylic acid groups (broad SMARTS) is 1. The van der Waals surface area contributed by atoms with Crippen molar-refractivity contribution in [2.45, 2.75) is 42.9 Å². The minimum Gasteiger partial charge on any atom is -0.480 e. The summed E-state index contributed by atoms with van der Waals surface area (Å²) in [5, 5.41) is 12.6. The lowest BCUT2D eigenvalue weighted by Gasteiger charge is -2.28. The van der Waals surface area contributed by atoms with Crippen LogP contribution >= 0.6 is 27.7 Å². The maximum Gasteiger partial charge on any atom is 0.323 e. The fourth-order valence-electron chi connectivity index (χ4n) is 2.01. The first-order valence-electron chi connectivity index (χ1n) is 6.28. The number of halogens is 1. The van der Waals surface area contributed by atoms with Gasteiger partial charge in [-0.3, -0.25) is 4.79 Å². The van der Waals surface area contributed by atoms with Crippen molar-refractivity contribution in [2.75, 3.05) is 6.54 Å². The Morgan fingerprint density at radius 3 is 2.79 bits per heavy atom. The first kappa shape index (κ1) is 16.5. The molecule has 2 unspecified atom stereocenters. The summed E-state index contributed by atoms with van der Waals surface area (Å²) in [6.45, 7) is 6.38. The third-order valence-electron chi connectivity index (χ3n) is 2.87. The van der Waals surface area contributed by atoms with Gasteiger partial charge >= 0.3 is 5.97 Å². The van der Waals surface area contributed by atoms with Crippen molar-refractivity contribution in [2.24, 2.45) is 0 Å². The van der Waals surface area contributed by atoms with Gasteiger partial charge in [-0.05, 0) is 38.1 Å². The summed E-state index contributed by atoms with van der Waals surface area (Å²) in [6.07, 6.45) is 0.577. The average Bonchev–Trinajstić information content (AvgIpc) is 2.28. The molecule has 0 aromatic heterocycles. The maximum absolute atomic E-state index is 11.4. The summed E-state index contributed by atoms with van der Waals surface area (Å²) in [4.78, 5) is 12.5. The van der Waals surface area contributed by atoms with E-state index in [1.54, 1.807) is 18.7 Å². The first-order chi connectivity index (χ1) is 8.87. The summed E-state index contributed by atoms with van der Waals surface area (Å²) in [7, 11) is 0. The molecule has 0 saturated heterocycles. The van der Waals surface area contributed by atoms with Crippen molar-refractivity contribution in [3.8, 4) is 0 Å². The molecule has 5 heteroatoms. The zero-order valence-corrected chi connectivity index (χ0v) is 13.8. The van der Waals surface area contributed by atoms with E-state index in [1.807, 2.05) is 31.2 Å². The van der Waals surface area contributed by atoms with Gasteiger partial charge in [-0.1, -0.05) is 35.8 Å². The Kier molecular flexibility index (Phi) is 6.36. The lowest BCUT2D eigenvalue weighted by molar-refractivity contribution is -0.144. The Hall–Kier alpha value is -0.520. The number of hydrogen-bond donors (Lipinski definition) is 2. The number of likely N-dealkylation sites (N-methyl/N-ethyl adjacent to an activating group) is 1. The van der Waals surface area contributed by atoms with E-state index in [1.165, 1.54) is 0 Å². The van der Waals surface area contributed by atoms with Crippen LogP contribution in [0.2, 0.25) is 0 Å². The number of aliphatic carboxylic acids is 1. The van der Waals surface area contributed by atoms with E-state index in [0.717, 1.165) is 9.37 Å². The normalized spacial score (nSPS) is 15.8. The molecule has 0 aliphatic heterocycles. The van der Waals surface area contributed by atoms with Crippen LogP contribution in [0.25, 0.3) is 0 Å². The Bertz CT molecular complexity index is 441. The number of thioether (sulfide) groups is 1. The number of rotatable bonds is 7. The number of benzene rings is 1. The first-order valence-corrected chi connectivity index (χ1v) is 7.95. The van der Waals surface area contributed by atoms with Crippen molar-refractivity contribution in [1.29, 1.82) is 0 Å². The monoisotopic (exact) mass is 345 g/mol. The molecule has 1 rings (SSSR count). The molecule has 0 bridgehead atoms. The van der Waals surface area contributed by atoms with Crippen LogP contribution in [0.15, 0.2) is 33.6 Å². The van der Waals surface area contributed by atoms with Gasteiger partial charge in [0.1, 0.15) is 5.54 Å². The largest absolute Gasteiger partial charge is 0.480 e. The van der Waals surface area contributed by atoms with Crippen LogP contribution in [0, 0.1) is 0 Å². The molecule has 1 aromatic carbocycles. The molecule has 0 radical (unpaired) electrons. The van der Waals surface area contributed by atoms with E-state index in [9.17, 15) is 9.90 Å². The molecule has 1 aromatic rings. The third-order valence-corrected chi connectivity index (χ3v) is 4.46. The van der Waals surface area contributed by atoms with Gasteiger partial charge in [-0.25, -0.2) is 0 Å². The van der Waals surface area contributed by atoms with Crippen LogP contribution in [-0.2, 0) is 4.79 Å². The zero-order chi connectivity index (χ0) is 14.5. The minimum atomic E-state index is -0.868. The fourth-order valence-corrected chi connectivity index (χ4v) is 3.80. The Morgan fingerprint density at radius 1 is 1.58 bits per heavy atom. The summed E-state index contributed by atoms with van der Waals surface area (Å²) < 4.78 is 1.04. The number of nitrogens with one attached hydrogen (secondary N) is 1. The molecule has 106 valence electrons. The summed E-state index contributed by atoms with van der Waals surface area (Å²) in [5.74, 6) is -0.795. The fraction of sp³-hybridized carbons (Fsp3) is 0.500. The molecule has 2 N–H and O–H groups in total. The van der Waals surface area contributed by atoms with Crippen LogP contribution in [0.5, 0.6) is 0 Å². The topological polar surface area (TPSA) is 49.3 Å². The molecule has 0 spiro atoms. The molecule has 19 heavy (non-hydrogen) atoms. The highest BCUT2D eigenvalue weighted by Gasteiger charge is 2.33. The van der Waals surface area contributed by atoms with Crippen LogP contribution in [0.3, 0.4) is 0 Å². The van der Waals surface area contributed by atoms with Gasteiger partial charge < -0.3 is 10.4 Å². The highest BCUT2D eigenvalue weighted by Crippen LogP contribution is 2.30. The van der Waals surface area contributed by atoms with Gasteiger partial charge in [0.05, 0.1) is 0 Å². The van der Waals surface area contributed by atoms with E-state index in [-0.39, 0.29) is 5.25 Å². The predicted octanol–water partition coefficient (Wildman–Crippen LogP) is 3.77. The van der Waals surface area contributed by atoms with Gasteiger partial charge in [0, 0.05) is 14.6 Å². The molecule has 0 heterocycles. The Labute approximate surface area is 127 Å². The van der Waals surface area contributed by atoms with Crippen molar-refractivity contribution in [3.05, 3.63) is 28.7 Å². The van der Waals surface area contributed by atoms with Crippen molar-refractivity contribution in [1.82, 2.24) is 5.32 Å². The van der Waals surface area contributed by atoms with Crippen LogP contribution in [0.1, 0.15) is 27.2 Å². The number of carboxylic acids is 1. The summed E-state index contributed by atoms with van der Waals surface area (Å²) >= 11 is 5.14. The molecule has 0 aliphatic carbocycles. The highest BCUT2D eigenvalue weighted by molar-refractivity contribution is 9.10. The van der Waals surface area contributed by atoms with Gasteiger partial charge in [0.25, 0.3) is 0 Å². The SMILES string of the molecule is CCNC(C)(CC(C)Sc1cccc(Br)c1)C(=O)O. The molecule has 3 nitrogen and oxygen atoms in total. The second-order valence-corrected chi connectivity index (χ2v) is 7.19. The van der Waals surface area contributed by atoms with E-state index in [4.69, 9.17) is 0 Å². The third kappa shape index (κ3) is 5.16. The Balaban J connectivity index is 2.68. The highest BCUT2D eigenvalue weighted by atomic mass is 79.9. The zero-order valence-electron chi connectivity index (χ0n) is 11.4. The molecular weight excluding hydrogens is 326 g/mol. The van der Waals surface area contributed by atoms with Crippen LogP contribution < -0.4 is 5.32 Å². The molecule has 0 amide bonds. The van der Waals surface area contributed by atoms with Crippen LogP contribution in [-0.4, -0.2) is 28.4 Å². The van der Waals surface area contributed by atoms with Crippen molar-refractivity contribution >= 4 is 33.7 Å². The second-order valence-electron chi connectivity index (χ2n) is 4.76. The summed E-state index contributed by atoms with van der Waals surface area (Å²) in [6, 6.07) is 8.05. The van der Waals surface area contributed by atoms with Crippen molar-refractivity contribution < 1.29 is 9.90 Å². The molecule has 2 atom stereocenters. The number of carbonyl (C=O) groups is 1. The van der Waals surface area contributed by atoms with Crippen LogP contribution in [0.4, 0.5) is 0 Å². The molecule has 0 fully saturated rings.